The summed E-state index contributed by atoms with van der Waals surface area (Å²) < 4.78 is 71.7. The third-order valence-corrected chi connectivity index (χ3v) is 4.94. The number of hydrogen-bond acceptors (Lipinski definition) is 5. The number of alkyl halides is 3. The highest BCUT2D eigenvalue weighted by Gasteiger charge is 2.31. The van der Waals surface area contributed by atoms with Gasteiger partial charge in [0.1, 0.15) is 11.5 Å². The molecule has 1 heterocycles. The van der Waals surface area contributed by atoms with Crippen LogP contribution in [0.5, 0.6) is 5.75 Å². The second-order valence-corrected chi connectivity index (χ2v) is 6.78. The molecule has 0 saturated carbocycles. The van der Waals surface area contributed by atoms with E-state index in [4.69, 9.17) is 9.68 Å². The Balaban J connectivity index is 2.24. The Morgan fingerprint density at radius 2 is 1.88 bits per heavy atom. The van der Waals surface area contributed by atoms with Crippen LogP contribution in [0, 0.1) is 11.3 Å². The summed E-state index contributed by atoms with van der Waals surface area (Å²) in [6, 6.07) is 8.87. The zero-order valence-corrected chi connectivity index (χ0v) is 13.5. The van der Waals surface area contributed by atoms with E-state index in [1.54, 1.807) is 12.1 Å². The molecule has 2 aromatic rings. The van der Waals surface area contributed by atoms with Gasteiger partial charge in [0.05, 0.1) is 23.8 Å². The van der Waals surface area contributed by atoms with Crippen LogP contribution >= 0.6 is 0 Å². The number of furan rings is 1. The van der Waals surface area contributed by atoms with Crippen molar-refractivity contribution < 1.29 is 30.7 Å². The molecule has 10 heteroatoms. The van der Waals surface area contributed by atoms with Crippen LogP contribution in [0.1, 0.15) is 12.2 Å². The molecule has 25 heavy (non-hydrogen) atoms. The average Bonchev–Trinajstić information content (AvgIpc) is 3.03. The predicted molar refractivity (Wildman–Crippen MR) is 79.7 cm³/mol. The standard InChI is InChI=1S/C15H13F3N2O4S/c16-15(17,18)24-12-4-6-14(7-5-12)25(21,22)20(9-2-8-19)11-13-3-1-10-23-13/h1,3-7,10H,2,9,11H2. The van der Waals surface area contributed by atoms with Gasteiger partial charge < -0.3 is 9.15 Å². The fourth-order valence-corrected chi connectivity index (χ4v) is 3.40. The molecule has 0 radical (unpaired) electrons. The Labute approximate surface area is 142 Å². The molecule has 0 atom stereocenters. The number of ether oxygens (including phenoxy) is 1. The van der Waals surface area contributed by atoms with E-state index < -0.39 is 22.1 Å². The van der Waals surface area contributed by atoms with Crippen LogP contribution < -0.4 is 4.74 Å². The van der Waals surface area contributed by atoms with Gasteiger partial charge >= 0.3 is 6.36 Å². The summed E-state index contributed by atoms with van der Waals surface area (Å²) in [6.45, 7) is -0.182. The molecular formula is C15H13F3N2O4S. The molecule has 0 aliphatic carbocycles. The van der Waals surface area contributed by atoms with E-state index in [0.29, 0.717) is 5.76 Å². The van der Waals surface area contributed by atoms with Crippen LogP contribution in [0.25, 0.3) is 0 Å². The number of sulfonamides is 1. The van der Waals surface area contributed by atoms with Crippen molar-refractivity contribution in [3.63, 3.8) is 0 Å². The van der Waals surface area contributed by atoms with E-state index in [-0.39, 0.29) is 24.4 Å². The molecule has 0 aliphatic heterocycles. The largest absolute Gasteiger partial charge is 0.573 e. The van der Waals surface area contributed by atoms with Gasteiger partial charge in [0.25, 0.3) is 0 Å². The maximum absolute atomic E-state index is 12.7. The quantitative estimate of drug-likeness (QED) is 0.743. The van der Waals surface area contributed by atoms with Crippen molar-refractivity contribution in [2.24, 2.45) is 0 Å². The van der Waals surface area contributed by atoms with E-state index in [2.05, 4.69) is 4.74 Å². The summed E-state index contributed by atoms with van der Waals surface area (Å²) in [5.74, 6) is -0.153. The zero-order chi connectivity index (χ0) is 18.5. The first-order chi connectivity index (χ1) is 11.7. The van der Waals surface area contributed by atoms with Gasteiger partial charge in [-0.05, 0) is 36.4 Å². The second-order valence-electron chi connectivity index (χ2n) is 4.85. The first-order valence-corrected chi connectivity index (χ1v) is 8.41. The first kappa shape index (κ1) is 18.8. The van der Waals surface area contributed by atoms with Crippen molar-refractivity contribution in [3.8, 4) is 11.8 Å². The molecule has 0 N–H and O–H groups in total. The van der Waals surface area contributed by atoms with Gasteiger partial charge in [0.2, 0.25) is 10.0 Å². The minimum atomic E-state index is -4.86. The van der Waals surface area contributed by atoms with Crippen molar-refractivity contribution in [2.75, 3.05) is 6.54 Å². The minimum Gasteiger partial charge on any atom is -0.468 e. The lowest BCUT2D eigenvalue weighted by atomic mass is 10.3. The molecule has 2 rings (SSSR count). The number of hydrogen-bond donors (Lipinski definition) is 0. The van der Waals surface area contributed by atoms with Crippen LogP contribution in [-0.2, 0) is 16.6 Å². The Bertz CT molecular complexity index is 825. The summed E-state index contributed by atoms with van der Waals surface area (Å²) in [5.41, 5.74) is 0. The zero-order valence-electron chi connectivity index (χ0n) is 12.7. The Morgan fingerprint density at radius 1 is 1.20 bits per heavy atom. The normalized spacial score (nSPS) is 12.1. The van der Waals surface area contributed by atoms with Gasteiger partial charge in [-0.3, -0.25) is 0 Å². The fourth-order valence-electron chi connectivity index (χ4n) is 2.00. The number of benzene rings is 1. The highest BCUT2D eigenvalue weighted by atomic mass is 32.2. The molecular weight excluding hydrogens is 361 g/mol. The van der Waals surface area contributed by atoms with Gasteiger partial charge in [-0.25, -0.2) is 8.42 Å². The number of halogens is 3. The van der Waals surface area contributed by atoms with Crippen molar-refractivity contribution in [1.29, 1.82) is 5.26 Å². The van der Waals surface area contributed by atoms with Crippen molar-refractivity contribution in [1.82, 2.24) is 4.31 Å². The lowest BCUT2D eigenvalue weighted by Crippen LogP contribution is -2.31. The van der Waals surface area contributed by atoms with E-state index in [0.717, 1.165) is 28.6 Å². The number of nitriles is 1. The predicted octanol–water partition coefficient (Wildman–Crippen LogP) is 3.28. The smallest absolute Gasteiger partial charge is 0.468 e. The summed E-state index contributed by atoms with van der Waals surface area (Å²) in [5, 5.41) is 8.70. The SMILES string of the molecule is N#CCCN(Cc1ccco1)S(=O)(=O)c1ccc(OC(F)(F)F)cc1. The van der Waals surface area contributed by atoms with Crippen molar-refractivity contribution >= 4 is 10.0 Å². The highest BCUT2D eigenvalue weighted by molar-refractivity contribution is 7.89. The van der Waals surface area contributed by atoms with E-state index in [1.807, 2.05) is 6.07 Å². The summed E-state index contributed by atoms with van der Waals surface area (Å²) >= 11 is 0. The topological polar surface area (TPSA) is 83.5 Å². The maximum atomic E-state index is 12.7. The molecule has 0 fully saturated rings. The van der Waals surface area contributed by atoms with Gasteiger partial charge in [-0.15, -0.1) is 13.2 Å². The molecule has 0 bridgehead atoms. The van der Waals surface area contributed by atoms with Gasteiger partial charge in [0, 0.05) is 13.0 Å². The van der Waals surface area contributed by atoms with Crippen LogP contribution in [0.4, 0.5) is 13.2 Å². The fraction of sp³-hybridized carbons (Fsp3) is 0.267. The second kappa shape index (κ2) is 7.58. The molecule has 134 valence electrons. The average molecular weight is 374 g/mol. The Kier molecular flexibility index (Phi) is 5.71. The lowest BCUT2D eigenvalue weighted by Gasteiger charge is -2.20. The molecule has 0 saturated heterocycles. The lowest BCUT2D eigenvalue weighted by molar-refractivity contribution is -0.274. The van der Waals surface area contributed by atoms with Crippen LogP contribution in [0.15, 0.2) is 52.0 Å². The molecule has 1 aromatic carbocycles. The van der Waals surface area contributed by atoms with Crippen molar-refractivity contribution in [2.45, 2.75) is 24.2 Å². The summed E-state index contributed by atoms with van der Waals surface area (Å²) in [7, 11) is -4.02. The Hall–Kier alpha value is -2.51. The molecule has 1 aromatic heterocycles. The molecule has 0 aliphatic rings. The molecule has 0 amide bonds. The number of nitrogens with zero attached hydrogens (tertiary/aromatic N) is 2. The maximum Gasteiger partial charge on any atom is 0.573 e. The van der Waals surface area contributed by atoms with E-state index in [9.17, 15) is 21.6 Å². The minimum absolute atomic E-state index is 0.0464. The van der Waals surface area contributed by atoms with E-state index >= 15 is 0 Å². The van der Waals surface area contributed by atoms with Gasteiger partial charge in [-0.2, -0.15) is 9.57 Å². The van der Waals surface area contributed by atoms with Crippen molar-refractivity contribution in [3.05, 3.63) is 48.4 Å². The van der Waals surface area contributed by atoms with Crippen LogP contribution in [-0.4, -0.2) is 25.6 Å². The monoisotopic (exact) mass is 374 g/mol. The summed E-state index contributed by atoms with van der Waals surface area (Å²) in [6.07, 6.45) is -3.53. The Morgan fingerprint density at radius 3 is 2.40 bits per heavy atom. The number of rotatable bonds is 7. The summed E-state index contributed by atoms with van der Waals surface area (Å²) in [4.78, 5) is -0.216. The van der Waals surface area contributed by atoms with Gasteiger partial charge in [0.15, 0.2) is 0 Å². The van der Waals surface area contributed by atoms with Crippen LogP contribution in [0.3, 0.4) is 0 Å². The first-order valence-electron chi connectivity index (χ1n) is 6.97. The third-order valence-electron chi connectivity index (χ3n) is 3.08. The molecule has 0 unspecified atom stereocenters. The third kappa shape index (κ3) is 5.23. The van der Waals surface area contributed by atoms with E-state index in [1.165, 1.54) is 6.26 Å². The molecule has 6 nitrogen and oxygen atoms in total. The van der Waals surface area contributed by atoms with Gasteiger partial charge in [-0.1, -0.05) is 0 Å². The van der Waals surface area contributed by atoms with Crippen LogP contribution in [0.2, 0.25) is 0 Å². The molecule has 0 spiro atoms. The highest BCUT2D eigenvalue weighted by Crippen LogP contribution is 2.25.